The van der Waals surface area contributed by atoms with Gasteiger partial charge >= 0.3 is 0 Å². The quantitative estimate of drug-likeness (QED) is 0.229. The largest absolute Gasteiger partial charge is 0.370 e. The first-order valence-electron chi connectivity index (χ1n) is 13.0. The van der Waals surface area contributed by atoms with E-state index in [0.29, 0.717) is 24.0 Å². The lowest BCUT2D eigenvalue weighted by Gasteiger charge is -2.47. The minimum Gasteiger partial charge on any atom is -0.370 e. The maximum absolute atomic E-state index is 12.7. The minimum atomic E-state index is -1.09. The van der Waals surface area contributed by atoms with Gasteiger partial charge in [-0.15, -0.1) is 30.1 Å². The first kappa shape index (κ1) is 29.2. The number of thioether (sulfide) groups is 3. The van der Waals surface area contributed by atoms with Crippen molar-refractivity contribution in [3.8, 4) is 6.07 Å². The number of allylic oxidation sites excluding steroid dienone is 3. The molecule has 3 atom stereocenters. The highest BCUT2D eigenvalue weighted by Crippen LogP contribution is 2.53. The van der Waals surface area contributed by atoms with Crippen LogP contribution < -0.4 is 5.32 Å². The van der Waals surface area contributed by atoms with Crippen molar-refractivity contribution >= 4 is 46.4 Å². The van der Waals surface area contributed by atoms with Crippen molar-refractivity contribution in [1.29, 1.82) is 5.26 Å². The third-order valence-electron chi connectivity index (χ3n) is 6.96. The number of amidine groups is 1. The van der Waals surface area contributed by atoms with Crippen LogP contribution in [0.4, 0.5) is 0 Å². The van der Waals surface area contributed by atoms with Crippen LogP contribution >= 0.6 is 35.3 Å². The highest BCUT2D eigenvalue weighted by Gasteiger charge is 2.52. The molecule has 0 fully saturated rings. The molecule has 0 aromatic rings. The Morgan fingerprint density at radius 1 is 1.36 bits per heavy atom. The smallest absolute Gasteiger partial charge is 0.231 e. The van der Waals surface area contributed by atoms with Gasteiger partial charge in [-0.3, -0.25) is 4.79 Å². The van der Waals surface area contributed by atoms with Gasteiger partial charge < -0.3 is 15.3 Å². The fourth-order valence-electron chi connectivity index (χ4n) is 5.22. The lowest BCUT2D eigenvalue weighted by atomic mass is 9.84. The van der Waals surface area contributed by atoms with Crippen molar-refractivity contribution in [2.75, 3.05) is 18.2 Å². The third-order valence-corrected chi connectivity index (χ3v) is 10.5. The SMILES string of the molecule is C=CCN1C(SCC(=O)NCSC2=C(CC#N)CCCCC2)=NC2SC(CC)=C(CCC)C2C1(C)O. The average Bonchev–Trinajstić information content (AvgIpc) is 3.06. The number of hydrogen-bond acceptors (Lipinski definition) is 8. The zero-order valence-electron chi connectivity index (χ0n) is 21.8. The summed E-state index contributed by atoms with van der Waals surface area (Å²) in [7, 11) is 0. The summed E-state index contributed by atoms with van der Waals surface area (Å²) >= 11 is 4.82. The Morgan fingerprint density at radius 3 is 2.83 bits per heavy atom. The molecule has 2 N–H and O–H groups in total. The van der Waals surface area contributed by atoms with E-state index >= 15 is 0 Å². The van der Waals surface area contributed by atoms with E-state index < -0.39 is 5.72 Å². The summed E-state index contributed by atoms with van der Waals surface area (Å²) in [6.45, 7) is 10.6. The summed E-state index contributed by atoms with van der Waals surface area (Å²) in [6, 6.07) is 2.29. The fraction of sp³-hybridized carbons (Fsp3) is 0.667. The van der Waals surface area contributed by atoms with E-state index in [2.05, 4.69) is 31.8 Å². The number of rotatable bonds is 11. The van der Waals surface area contributed by atoms with Gasteiger partial charge in [-0.1, -0.05) is 44.5 Å². The van der Waals surface area contributed by atoms with Crippen molar-refractivity contribution < 1.29 is 9.90 Å². The van der Waals surface area contributed by atoms with Gasteiger partial charge in [-0.2, -0.15) is 5.26 Å². The van der Waals surface area contributed by atoms with Gasteiger partial charge in [0.1, 0.15) is 11.1 Å². The van der Waals surface area contributed by atoms with Gasteiger partial charge in [-0.25, -0.2) is 4.99 Å². The molecule has 0 saturated heterocycles. The number of fused-ring (bicyclic) bond motifs is 1. The number of carbonyl (C=O) groups is 1. The second-order valence-electron chi connectivity index (χ2n) is 9.54. The van der Waals surface area contributed by atoms with Gasteiger partial charge in [0, 0.05) is 6.54 Å². The summed E-state index contributed by atoms with van der Waals surface area (Å²) in [5.74, 6) is 0.646. The molecule has 0 saturated carbocycles. The van der Waals surface area contributed by atoms with Crippen LogP contribution in [0.5, 0.6) is 0 Å². The molecule has 3 rings (SSSR count). The summed E-state index contributed by atoms with van der Waals surface area (Å²) < 4.78 is 0. The van der Waals surface area contributed by atoms with Crippen molar-refractivity contribution in [2.45, 2.75) is 89.7 Å². The minimum absolute atomic E-state index is 0.0512. The van der Waals surface area contributed by atoms with Gasteiger partial charge in [-0.05, 0) is 66.4 Å². The second-order valence-corrected chi connectivity index (χ2v) is 12.8. The van der Waals surface area contributed by atoms with E-state index in [1.54, 1.807) is 29.6 Å². The van der Waals surface area contributed by atoms with Crippen LogP contribution in [0, 0.1) is 17.2 Å². The Bertz CT molecular complexity index is 951. The molecule has 198 valence electrons. The molecule has 0 aromatic heterocycles. The Hall–Kier alpha value is -1.34. The highest BCUT2D eigenvalue weighted by molar-refractivity contribution is 8.14. The molecule has 36 heavy (non-hydrogen) atoms. The molecule has 0 radical (unpaired) electrons. The van der Waals surface area contributed by atoms with E-state index in [0.717, 1.165) is 44.9 Å². The Labute approximate surface area is 229 Å². The van der Waals surface area contributed by atoms with Crippen LogP contribution in [0.25, 0.3) is 0 Å². The number of aliphatic hydroxyl groups is 1. The standard InChI is InChI=1S/C27H40N4O2S3/c1-5-11-20-21(7-3)36-25-24(20)27(4,33)31(16-6-2)26(30-25)34-17-23(32)29-18-35-22-13-10-8-9-12-19(22)14-15-28/h6,24-25,33H,2,5,7-14,16-18H2,1,3-4H3,(H,29,32). The van der Waals surface area contributed by atoms with Crippen LogP contribution in [0.1, 0.15) is 78.6 Å². The fourth-order valence-corrected chi connectivity index (χ4v) is 8.87. The van der Waals surface area contributed by atoms with Gasteiger partial charge in [0.25, 0.3) is 0 Å². The predicted molar refractivity (Wildman–Crippen MR) is 155 cm³/mol. The van der Waals surface area contributed by atoms with Crippen LogP contribution in [0.15, 0.2) is 38.6 Å². The van der Waals surface area contributed by atoms with Crippen LogP contribution in [-0.2, 0) is 4.79 Å². The molecule has 9 heteroatoms. The number of amides is 1. The summed E-state index contributed by atoms with van der Waals surface area (Å²) in [5, 5.41) is 24.6. The van der Waals surface area contributed by atoms with Crippen LogP contribution in [0.3, 0.4) is 0 Å². The molecule has 3 unspecified atom stereocenters. The first-order chi connectivity index (χ1) is 17.4. The van der Waals surface area contributed by atoms with Gasteiger partial charge in [0.05, 0.1) is 30.0 Å². The molecule has 2 heterocycles. The summed E-state index contributed by atoms with van der Waals surface area (Å²) in [4.78, 5) is 22.3. The lowest BCUT2D eigenvalue weighted by molar-refractivity contribution is -0.118. The molecule has 2 aliphatic heterocycles. The first-order valence-corrected chi connectivity index (χ1v) is 15.9. The van der Waals surface area contributed by atoms with Crippen LogP contribution in [0.2, 0.25) is 0 Å². The Balaban J connectivity index is 1.64. The number of hydrogen-bond donors (Lipinski definition) is 2. The van der Waals surface area contributed by atoms with E-state index in [1.807, 2.05) is 11.8 Å². The number of nitriles is 1. The van der Waals surface area contributed by atoms with E-state index in [-0.39, 0.29) is 23.0 Å². The molecule has 3 aliphatic rings. The monoisotopic (exact) mass is 548 g/mol. The van der Waals surface area contributed by atoms with E-state index in [4.69, 9.17) is 10.3 Å². The zero-order chi connectivity index (χ0) is 26.1. The maximum Gasteiger partial charge on any atom is 0.231 e. The molecule has 1 amide bonds. The number of carbonyl (C=O) groups excluding carboxylic acids is 1. The van der Waals surface area contributed by atoms with Crippen molar-refractivity contribution in [2.24, 2.45) is 10.9 Å². The second kappa shape index (κ2) is 14.0. The number of nitrogens with zero attached hydrogens (tertiary/aromatic N) is 3. The van der Waals surface area contributed by atoms with E-state index in [1.165, 1.54) is 39.1 Å². The topological polar surface area (TPSA) is 88.7 Å². The molecule has 1 aliphatic carbocycles. The van der Waals surface area contributed by atoms with Gasteiger partial charge in [0.15, 0.2) is 5.17 Å². The maximum atomic E-state index is 12.7. The highest BCUT2D eigenvalue weighted by atomic mass is 32.2. The average molecular weight is 549 g/mol. The molecule has 6 nitrogen and oxygen atoms in total. The molecule has 0 aromatic carbocycles. The van der Waals surface area contributed by atoms with Crippen LogP contribution in [-0.4, -0.2) is 50.4 Å². The molecular formula is C27H40N4O2S3. The Kier molecular flexibility index (Phi) is 11.4. The van der Waals surface area contributed by atoms with E-state index in [9.17, 15) is 9.90 Å². The van der Waals surface area contributed by atoms with Crippen molar-refractivity contribution in [1.82, 2.24) is 10.2 Å². The van der Waals surface area contributed by atoms with Crippen molar-refractivity contribution in [3.63, 3.8) is 0 Å². The molecule has 0 spiro atoms. The summed E-state index contributed by atoms with van der Waals surface area (Å²) in [6.07, 6.45) is 10.7. The molecular weight excluding hydrogens is 509 g/mol. The van der Waals surface area contributed by atoms with Crippen molar-refractivity contribution in [3.05, 3.63) is 33.6 Å². The number of nitrogens with one attached hydrogen (secondary N) is 1. The number of aliphatic imine (C=N–C) groups is 1. The predicted octanol–water partition coefficient (Wildman–Crippen LogP) is 6.38. The lowest BCUT2D eigenvalue weighted by Crippen LogP contribution is -2.59. The van der Waals surface area contributed by atoms with Gasteiger partial charge in [0.2, 0.25) is 5.91 Å². The third kappa shape index (κ3) is 6.94. The zero-order valence-corrected chi connectivity index (χ0v) is 24.3. The Morgan fingerprint density at radius 2 is 2.14 bits per heavy atom. The summed E-state index contributed by atoms with van der Waals surface area (Å²) in [5.41, 5.74) is 1.49. The normalized spacial score (nSPS) is 26.3. The molecule has 0 bridgehead atoms.